The van der Waals surface area contributed by atoms with Gasteiger partial charge in [-0.05, 0) is 34.7 Å². The molecule has 2 atom stereocenters. The van der Waals surface area contributed by atoms with E-state index in [1.165, 1.54) is 0 Å². The SMILES string of the molecule is O=C(OCc1ccccc1)[C@H]1C[C@H](Cc2ccc3ccccc3c2)C(=O)N1C(=O)O. The minimum Gasteiger partial charge on any atom is -0.465 e. The molecule has 3 aromatic carbocycles. The molecule has 0 saturated carbocycles. The topological polar surface area (TPSA) is 83.9 Å². The van der Waals surface area contributed by atoms with E-state index in [0.29, 0.717) is 11.3 Å². The molecule has 3 aromatic rings. The van der Waals surface area contributed by atoms with Crippen LogP contribution >= 0.6 is 0 Å². The van der Waals surface area contributed by atoms with E-state index < -0.39 is 29.9 Å². The van der Waals surface area contributed by atoms with E-state index >= 15 is 0 Å². The molecular formula is C24H21NO5. The number of carboxylic acid groups (broad SMARTS) is 1. The number of imide groups is 1. The summed E-state index contributed by atoms with van der Waals surface area (Å²) in [6.07, 6.45) is -0.940. The average Bonchev–Trinajstić information content (AvgIpc) is 3.09. The minimum absolute atomic E-state index is 0.0349. The van der Waals surface area contributed by atoms with Gasteiger partial charge in [0.15, 0.2) is 0 Å². The van der Waals surface area contributed by atoms with E-state index in [0.717, 1.165) is 21.9 Å². The largest absolute Gasteiger partial charge is 0.465 e. The summed E-state index contributed by atoms with van der Waals surface area (Å²) in [4.78, 5) is 37.6. The van der Waals surface area contributed by atoms with Crippen LogP contribution in [0.3, 0.4) is 0 Å². The Labute approximate surface area is 173 Å². The van der Waals surface area contributed by atoms with Gasteiger partial charge in [-0.3, -0.25) is 4.79 Å². The maximum Gasteiger partial charge on any atom is 0.414 e. The number of benzene rings is 3. The third kappa shape index (κ3) is 4.03. The highest BCUT2D eigenvalue weighted by atomic mass is 16.5. The zero-order valence-corrected chi connectivity index (χ0v) is 16.2. The summed E-state index contributed by atoms with van der Waals surface area (Å²) in [5.74, 6) is -1.84. The third-order valence-electron chi connectivity index (χ3n) is 5.40. The van der Waals surface area contributed by atoms with E-state index in [-0.39, 0.29) is 13.0 Å². The first-order valence-corrected chi connectivity index (χ1v) is 9.77. The van der Waals surface area contributed by atoms with Crippen LogP contribution in [0, 0.1) is 5.92 Å². The van der Waals surface area contributed by atoms with Crippen molar-refractivity contribution in [2.24, 2.45) is 5.92 Å². The summed E-state index contributed by atoms with van der Waals surface area (Å²) in [5, 5.41) is 11.7. The van der Waals surface area contributed by atoms with Gasteiger partial charge in [-0.2, -0.15) is 0 Å². The molecule has 152 valence electrons. The van der Waals surface area contributed by atoms with Crippen molar-refractivity contribution in [3.8, 4) is 0 Å². The highest BCUT2D eigenvalue weighted by Gasteiger charge is 2.47. The number of amides is 2. The summed E-state index contributed by atoms with van der Waals surface area (Å²) < 4.78 is 5.30. The van der Waals surface area contributed by atoms with E-state index in [4.69, 9.17) is 4.74 Å². The second kappa shape index (κ2) is 8.37. The normalized spacial score (nSPS) is 18.5. The molecular weight excluding hydrogens is 382 g/mol. The Bertz CT molecular complexity index is 1090. The van der Waals surface area contributed by atoms with Gasteiger partial charge in [-0.25, -0.2) is 14.5 Å². The van der Waals surface area contributed by atoms with Crippen molar-refractivity contribution in [2.75, 3.05) is 0 Å². The van der Waals surface area contributed by atoms with Crippen LogP contribution < -0.4 is 0 Å². The first kappa shape index (κ1) is 19.6. The van der Waals surface area contributed by atoms with Crippen LogP contribution in [0.25, 0.3) is 10.8 Å². The molecule has 6 nitrogen and oxygen atoms in total. The van der Waals surface area contributed by atoms with Crippen molar-refractivity contribution in [3.05, 3.63) is 83.9 Å². The number of hydrogen-bond acceptors (Lipinski definition) is 4. The predicted octanol–water partition coefficient (Wildman–Crippen LogP) is 4.02. The Morgan fingerprint density at radius 3 is 2.37 bits per heavy atom. The zero-order valence-electron chi connectivity index (χ0n) is 16.2. The van der Waals surface area contributed by atoms with Crippen molar-refractivity contribution in [3.63, 3.8) is 0 Å². The van der Waals surface area contributed by atoms with Crippen LogP contribution in [-0.2, 0) is 27.4 Å². The van der Waals surface area contributed by atoms with Crippen molar-refractivity contribution in [1.29, 1.82) is 0 Å². The Morgan fingerprint density at radius 2 is 1.63 bits per heavy atom. The van der Waals surface area contributed by atoms with Gasteiger partial charge in [0, 0.05) is 5.92 Å². The van der Waals surface area contributed by atoms with Crippen LogP contribution in [0.1, 0.15) is 17.5 Å². The lowest BCUT2D eigenvalue weighted by Gasteiger charge is -2.18. The number of fused-ring (bicyclic) bond motifs is 1. The number of esters is 1. The summed E-state index contributed by atoms with van der Waals surface area (Å²) in [6, 6.07) is 21.8. The molecule has 0 radical (unpaired) electrons. The molecule has 30 heavy (non-hydrogen) atoms. The Morgan fingerprint density at radius 1 is 0.933 bits per heavy atom. The molecule has 2 amide bonds. The molecule has 0 aromatic heterocycles. The molecule has 1 fully saturated rings. The first-order chi connectivity index (χ1) is 14.5. The van der Waals surface area contributed by atoms with Crippen LogP contribution in [-0.4, -0.2) is 34.0 Å². The van der Waals surface area contributed by atoms with Gasteiger partial charge in [-0.15, -0.1) is 0 Å². The van der Waals surface area contributed by atoms with Gasteiger partial charge >= 0.3 is 12.1 Å². The lowest BCUT2D eigenvalue weighted by Crippen LogP contribution is -2.43. The molecule has 0 spiro atoms. The van der Waals surface area contributed by atoms with E-state index in [1.54, 1.807) is 0 Å². The fourth-order valence-electron chi connectivity index (χ4n) is 3.90. The van der Waals surface area contributed by atoms with Crippen LogP contribution in [0.4, 0.5) is 4.79 Å². The average molecular weight is 403 g/mol. The van der Waals surface area contributed by atoms with Gasteiger partial charge in [0.25, 0.3) is 0 Å². The van der Waals surface area contributed by atoms with Gasteiger partial charge < -0.3 is 9.84 Å². The summed E-state index contributed by atoms with van der Waals surface area (Å²) in [5.41, 5.74) is 1.72. The second-order valence-electron chi connectivity index (χ2n) is 7.42. The van der Waals surface area contributed by atoms with Gasteiger partial charge in [-0.1, -0.05) is 72.8 Å². The molecule has 0 aliphatic carbocycles. The van der Waals surface area contributed by atoms with Gasteiger partial charge in [0.1, 0.15) is 12.6 Å². The second-order valence-corrected chi connectivity index (χ2v) is 7.42. The maximum absolute atomic E-state index is 12.7. The number of nitrogens with zero attached hydrogens (tertiary/aromatic N) is 1. The highest BCUT2D eigenvalue weighted by Crippen LogP contribution is 2.30. The number of ether oxygens (including phenoxy) is 1. The fraction of sp³-hybridized carbons (Fsp3) is 0.208. The van der Waals surface area contributed by atoms with Crippen LogP contribution in [0.5, 0.6) is 0 Å². The molecule has 1 aliphatic heterocycles. The molecule has 1 aliphatic rings. The summed E-state index contributed by atoms with van der Waals surface area (Å²) >= 11 is 0. The monoisotopic (exact) mass is 403 g/mol. The number of rotatable bonds is 5. The van der Waals surface area contributed by atoms with Crippen molar-refractivity contribution >= 4 is 28.7 Å². The molecule has 1 heterocycles. The standard InChI is InChI=1S/C24H21NO5/c26-22-20(13-17-10-11-18-8-4-5-9-19(18)12-17)14-21(25(22)24(28)29)23(27)30-15-16-6-2-1-3-7-16/h1-12,20-21H,13-15H2,(H,28,29)/t20-,21+/m0/s1. The lowest BCUT2D eigenvalue weighted by molar-refractivity contribution is -0.152. The first-order valence-electron chi connectivity index (χ1n) is 9.77. The molecule has 0 unspecified atom stereocenters. The van der Waals surface area contributed by atoms with Gasteiger partial charge in [0.05, 0.1) is 0 Å². The Kier molecular flexibility index (Phi) is 5.48. The number of carbonyl (C=O) groups excluding carboxylic acids is 2. The van der Waals surface area contributed by atoms with E-state index in [2.05, 4.69) is 0 Å². The van der Waals surface area contributed by atoms with Crippen molar-refractivity contribution in [2.45, 2.75) is 25.5 Å². The van der Waals surface area contributed by atoms with Crippen LogP contribution in [0.15, 0.2) is 72.8 Å². The van der Waals surface area contributed by atoms with Crippen molar-refractivity contribution < 1.29 is 24.2 Å². The maximum atomic E-state index is 12.7. The summed E-state index contributed by atoms with van der Waals surface area (Å²) in [7, 11) is 0. The third-order valence-corrected chi connectivity index (χ3v) is 5.40. The molecule has 6 heteroatoms. The lowest BCUT2D eigenvalue weighted by atomic mass is 9.94. The highest BCUT2D eigenvalue weighted by molar-refractivity contribution is 6.00. The zero-order chi connectivity index (χ0) is 21.1. The minimum atomic E-state index is -1.43. The number of carbonyl (C=O) groups is 3. The number of likely N-dealkylation sites (tertiary alicyclic amines) is 1. The smallest absolute Gasteiger partial charge is 0.414 e. The summed E-state index contributed by atoms with van der Waals surface area (Å²) in [6.45, 7) is 0.0349. The quantitative estimate of drug-likeness (QED) is 0.651. The van der Waals surface area contributed by atoms with Gasteiger partial charge in [0.2, 0.25) is 5.91 Å². The fourth-order valence-corrected chi connectivity index (χ4v) is 3.90. The molecule has 1 saturated heterocycles. The Hall–Kier alpha value is -3.67. The van der Waals surface area contributed by atoms with Crippen molar-refractivity contribution in [1.82, 2.24) is 4.90 Å². The van der Waals surface area contributed by atoms with E-state index in [1.807, 2.05) is 72.8 Å². The Balaban J connectivity index is 1.48. The molecule has 4 rings (SSSR count). The predicted molar refractivity (Wildman–Crippen MR) is 111 cm³/mol. The van der Waals surface area contributed by atoms with Crippen LogP contribution in [0.2, 0.25) is 0 Å². The molecule has 0 bridgehead atoms. The van der Waals surface area contributed by atoms with E-state index in [9.17, 15) is 19.5 Å². The number of hydrogen-bond donors (Lipinski definition) is 1. The molecule has 1 N–H and O–H groups in total.